The Balaban J connectivity index is 3.71. The number of carbonyl (C=O) groups excluding carboxylic acids is 1. The monoisotopic (exact) mass is 184 g/mol. The van der Waals surface area contributed by atoms with Crippen LogP contribution in [0.25, 0.3) is 0 Å². The minimum atomic E-state index is -0.172. The molecule has 0 saturated heterocycles. The first-order valence-electron chi connectivity index (χ1n) is 4.50. The summed E-state index contributed by atoms with van der Waals surface area (Å²) >= 11 is 0. The maximum atomic E-state index is 11.2. The van der Waals surface area contributed by atoms with E-state index in [0.717, 1.165) is 0 Å². The molecule has 13 heavy (non-hydrogen) atoms. The second-order valence-corrected chi connectivity index (χ2v) is 4.37. The first kappa shape index (κ1) is 12.0. The fourth-order valence-electron chi connectivity index (χ4n) is 0.733. The standard InChI is InChI=1S/C10H20N2O/c1-8(2)6-7-11-9(13)12-10(3,4)5/h6H,7H2,1-5H3,(H2,11,12,13). The summed E-state index contributed by atoms with van der Waals surface area (Å²) in [6.45, 7) is 10.4. The Morgan fingerprint density at radius 2 is 1.85 bits per heavy atom. The smallest absolute Gasteiger partial charge is 0.315 e. The molecular formula is C10H20N2O. The molecule has 0 aromatic rings. The number of allylic oxidation sites excluding steroid dienone is 1. The van der Waals surface area contributed by atoms with Gasteiger partial charge in [0.15, 0.2) is 0 Å². The predicted molar refractivity (Wildman–Crippen MR) is 55.7 cm³/mol. The third-order valence-corrected chi connectivity index (χ3v) is 1.26. The number of hydrogen-bond donors (Lipinski definition) is 2. The van der Waals surface area contributed by atoms with Crippen LogP contribution in [0, 0.1) is 0 Å². The molecule has 3 nitrogen and oxygen atoms in total. The topological polar surface area (TPSA) is 41.1 Å². The second kappa shape index (κ2) is 4.90. The van der Waals surface area contributed by atoms with Gasteiger partial charge in [-0.2, -0.15) is 0 Å². The summed E-state index contributed by atoms with van der Waals surface area (Å²) in [7, 11) is 0. The van der Waals surface area contributed by atoms with Gasteiger partial charge in [0.05, 0.1) is 0 Å². The molecule has 0 fully saturated rings. The number of amides is 2. The Morgan fingerprint density at radius 1 is 1.31 bits per heavy atom. The summed E-state index contributed by atoms with van der Waals surface area (Å²) in [6, 6.07) is -0.120. The Morgan fingerprint density at radius 3 is 2.23 bits per heavy atom. The van der Waals surface area contributed by atoms with Gasteiger partial charge in [-0.3, -0.25) is 0 Å². The molecule has 76 valence electrons. The van der Waals surface area contributed by atoms with Crippen molar-refractivity contribution in [2.24, 2.45) is 0 Å². The highest BCUT2D eigenvalue weighted by atomic mass is 16.2. The highest BCUT2D eigenvalue weighted by Crippen LogP contribution is 1.97. The van der Waals surface area contributed by atoms with Gasteiger partial charge < -0.3 is 10.6 Å². The van der Waals surface area contributed by atoms with Gasteiger partial charge in [0.1, 0.15) is 0 Å². The second-order valence-electron chi connectivity index (χ2n) is 4.37. The minimum absolute atomic E-state index is 0.120. The lowest BCUT2D eigenvalue weighted by molar-refractivity contribution is 0.233. The summed E-state index contributed by atoms with van der Waals surface area (Å²) in [5, 5.41) is 5.56. The molecule has 0 unspecified atom stereocenters. The molecule has 0 rings (SSSR count). The molecule has 3 heteroatoms. The number of nitrogens with one attached hydrogen (secondary N) is 2. The molecule has 0 atom stereocenters. The van der Waals surface area contributed by atoms with Crippen molar-refractivity contribution >= 4 is 6.03 Å². The molecule has 0 heterocycles. The predicted octanol–water partition coefficient (Wildman–Crippen LogP) is 2.05. The fraction of sp³-hybridized carbons (Fsp3) is 0.700. The van der Waals surface area contributed by atoms with Crippen LogP contribution in [0.5, 0.6) is 0 Å². The van der Waals surface area contributed by atoms with Crippen LogP contribution in [0.15, 0.2) is 11.6 Å². The first-order valence-corrected chi connectivity index (χ1v) is 4.50. The molecule has 0 radical (unpaired) electrons. The van der Waals surface area contributed by atoms with Crippen LogP contribution in [-0.4, -0.2) is 18.1 Å². The molecule has 2 N–H and O–H groups in total. The molecule has 0 saturated carbocycles. The number of rotatable bonds is 2. The van der Waals surface area contributed by atoms with Gasteiger partial charge >= 0.3 is 6.03 Å². The van der Waals surface area contributed by atoms with Crippen molar-refractivity contribution in [3.63, 3.8) is 0 Å². The zero-order chi connectivity index (χ0) is 10.5. The third kappa shape index (κ3) is 8.92. The fourth-order valence-corrected chi connectivity index (χ4v) is 0.733. The van der Waals surface area contributed by atoms with E-state index in [-0.39, 0.29) is 11.6 Å². The van der Waals surface area contributed by atoms with Crippen LogP contribution in [0.2, 0.25) is 0 Å². The van der Waals surface area contributed by atoms with E-state index in [1.54, 1.807) is 0 Å². The van der Waals surface area contributed by atoms with Crippen LogP contribution >= 0.6 is 0 Å². The van der Waals surface area contributed by atoms with Gasteiger partial charge in [0, 0.05) is 12.1 Å². The molecule has 0 aliphatic rings. The van der Waals surface area contributed by atoms with Gasteiger partial charge in [-0.15, -0.1) is 0 Å². The van der Waals surface area contributed by atoms with Gasteiger partial charge in [0.25, 0.3) is 0 Å². The van der Waals surface area contributed by atoms with Crippen molar-refractivity contribution in [3.05, 3.63) is 11.6 Å². The molecule has 0 bridgehead atoms. The molecule has 2 amide bonds. The van der Waals surface area contributed by atoms with E-state index in [0.29, 0.717) is 6.54 Å². The zero-order valence-corrected chi connectivity index (χ0v) is 9.19. The normalized spacial score (nSPS) is 10.5. The largest absolute Gasteiger partial charge is 0.335 e. The van der Waals surface area contributed by atoms with Crippen molar-refractivity contribution in [2.45, 2.75) is 40.2 Å². The maximum Gasteiger partial charge on any atom is 0.315 e. The Bertz CT molecular complexity index is 197. The Hall–Kier alpha value is -0.990. The quantitative estimate of drug-likeness (QED) is 0.634. The Labute approximate surface area is 80.6 Å². The van der Waals surface area contributed by atoms with Crippen LogP contribution < -0.4 is 10.6 Å². The van der Waals surface area contributed by atoms with Crippen molar-refractivity contribution in [2.75, 3.05) is 6.54 Å². The van der Waals surface area contributed by atoms with E-state index in [2.05, 4.69) is 10.6 Å². The van der Waals surface area contributed by atoms with Gasteiger partial charge in [-0.25, -0.2) is 4.79 Å². The lowest BCUT2D eigenvalue weighted by Crippen LogP contribution is -2.46. The summed E-state index contributed by atoms with van der Waals surface area (Å²) in [4.78, 5) is 11.2. The summed E-state index contributed by atoms with van der Waals surface area (Å²) in [5.41, 5.74) is 1.03. The molecular weight excluding hydrogens is 164 g/mol. The summed E-state index contributed by atoms with van der Waals surface area (Å²) < 4.78 is 0. The summed E-state index contributed by atoms with van der Waals surface area (Å²) in [5.74, 6) is 0. The zero-order valence-electron chi connectivity index (χ0n) is 9.19. The van der Waals surface area contributed by atoms with E-state index < -0.39 is 0 Å². The number of carbonyl (C=O) groups is 1. The van der Waals surface area contributed by atoms with E-state index in [9.17, 15) is 4.79 Å². The van der Waals surface area contributed by atoms with Crippen molar-refractivity contribution < 1.29 is 4.79 Å². The average Bonchev–Trinajstić information content (AvgIpc) is 1.81. The van der Waals surface area contributed by atoms with Crippen LogP contribution in [-0.2, 0) is 0 Å². The van der Waals surface area contributed by atoms with Gasteiger partial charge in [-0.05, 0) is 34.6 Å². The van der Waals surface area contributed by atoms with Crippen molar-refractivity contribution in [1.82, 2.24) is 10.6 Å². The molecule has 0 aromatic heterocycles. The van der Waals surface area contributed by atoms with E-state index in [1.165, 1.54) is 5.57 Å². The summed E-state index contributed by atoms with van der Waals surface area (Å²) in [6.07, 6.45) is 1.97. The third-order valence-electron chi connectivity index (χ3n) is 1.26. The molecule has 0 aliphatic heterocycles. The number of hydrogen-bond acceptors (Lipinski definition) is 1. The van der Waals surface area contributed by atoms with Crippen LogP contribution in [0.3, 0.4) is 0 Å². The average molecular weight is 184 g/mol. The van der Waals surface area contributed by atoms with Crippen LogP contribution in [0.4, 0.5) is 4.79 Å². The van der Waals surface area contributed by atoms with Crippen molar-refractivity contribution in [1.29, 1.82) is 0 Å². The van der Waals surface area contributed by atoms with Gasteiger partial charge in [0.2, 0.25) is 0 Å². The maximum absolute atomic E-state index is 11.2. The first-order chi connectivity index (χ1) is 5.81. The van der Waals surface area contributed by atoms with Crippen molar-refractivity contribution in [3.8, 4) is 0 Å². The Kier molecular flexibility index (Phi) is 4.52. The SMILES string of the molecule is CC(C)=CCNC(=O)NC(C)(C)C. The lowest BCUT2D eigenvalue weighted by Gasteiger charge is -2.20. The van der Waals surface area contributed by atoms with E-state index in [1.807, 2.05) is 40.7 Å². The molecule has 0 aromatic carbocycles. The molecule has 0 spiro atoms. The minimum Gasteiger partial charge on any atom is -0.335 e. The van der Waals surface area contributed by atoms with Crippen LogP contribution in [0.1, 0.15) is 34.6 Å². The van der Waals surface area contributed by atoms with E-state index >= 15 is 0 Å². The van der Waals surface area contributed by atoms with Gasteiger partial charge in [-0.1, -0.05) is 11.6 Å². The lowest BCUT2D eigenvalue weighted by atomic mass is 10.1. The highest BCUT2D eigenvalue weighted by molar-refractivity contribution is 5.74. The highest BCUT2D eigenvalue weighted by Gasteiger charge is 2.12. The van der Waals surface area contributed by atoms with E-state index in [4.69, 9.17) is 0 Å². The number of urea groups is 1. The molecule has 0 aliphatic carbocycles.